The zero-order valence-corrected chi connectivity index (χ0v) is 10.4. The highest BCUT2D eigenvalue weighted by Gasteiger charge is 2.06. The van der Waals surface area contributed by atoms with Gasteiger partial charge < -0.3 is 10.4 Å². The Balaban J connectivity index is 2.21. The molecular formula is C14H21NO2. The van der Waals surface area contributed by atoms with E-state index in [4.69, 9.17) is 5.11 Å². The van der Waals surface area contributed by atoms with E-state index in [1.165, 1.54) is 5.56 Å². The van der Waals surface area contributed by atoms with Crippen LogP contribution in [0.4, 0.5) is 0 Å². The quantitative estimate of drug-likeness (QED) is 0.758. The first-order chi connectivity index (χ1) is 8.22. The van der Waals surface area contributed by atoms with Crippen molar-refractivity contribution in [3.8, 4) is 0 Å². The number of aryl methyl sites for hydroxylation is 1. The number of nitrogens with one attached hydrogen (secondary N) is 1. The number of aliphatic hydroxyl groups excluding tert-OH is 1. The largest absolute Gasteiger partial charge is 0.396 e. The highest BCUT2D eigenvalue weighted by Crippen LogP contribution is 2.03. The number of amides is 1. The summed E-state index contributed by atoms with van der Waals surface area (Å²) in [6.07, 6.45) is 2.86. The molecule has 0 radical (unpaired) electrons. The van der Waals surface area contributed by atoms with Crippen LogP contribution in [0.15, 0.2) is 30.3 Å². The Bertz CT molecular complexity index is 324. The summed E-state index contributed by atoms with van der Waals surface area (Å²) in [5.41, 5.74) is 1.19. The highest BCUT2D eigenvalue weighted by atomic mass is 16.2. The predicted octanol–water partition coefficient (Wildman–Crippen LogP) is 1.90. The fraction of sp³-hybridized carbons (Fsp3) is 0.500. The van der Waals surface area contributed by atoms with E-state index in [1.54, 1.807) is 0 Å². The van der Waals surface area contributed by atoms with E-state index in [1.807, 2.05) is 37.3 Å². The summed E-state index contributed by atoms with van der Waals surface area (Å²) in [5, 5.41) is 11.6. The first-order valence-electron chi connectivity index (χ1n) is 6.16. The van der Waals surface area contributed by atoms with Gasteiger partial charge in [-0.2, -0.15) is 0 Å². The first-order valence-corrected chi connectivity index (χ1v) is 6.16. The number of aliphatic hydroxyl groups is 1. The third-order valence-electron chi connectivity index (χ3n) is 2.69. The van der Waals surface area contributed by atoms with Crippen molar-refractivity contribution in [2.75, 3.05) is 6.61 Å². The van der Waals surface area contributed by atoms with E-state index in [-0.39, 0.29) is 18.6 Å². The number of carbonyl (C=O) groups is 1. The zero-order chi connectivity index (χ0) is 12.5. The van der Waals surface area contributed by atoms with Gasteiger partial charge in [0.05, 0.1) is 0 Å². The summed E-state index contributed by atoms with van der Waals surface area (Å²) < 4.78 is 0. The van der Waals surface area contributed by atoms with Crippen molar-refractivity contribution in [1.82, 2.24) is 5.32 Å². The summed E-state index contributed by atoms with van der Waals surface area (Å²) >= 11 is 0. The highest BCUT2D eigenvalue weighted by molar-refractivity contribution is 5.76. The lowest BCUT2D eigenvalue weighted by Gasteiger charge is -2.13. The second-order valence-electron chi connectivity index (χ2n) is 4.32. The van der Waals surface area contributed by atoms with Crippen LogP contribution in [0.5, 0.6) is 0 Å². The molecule has 3 nitrogen and oxygen atoms in total. The van der Waals surface area contributed by atoms with E-state index >= 15 is 0 Å². The molecule has 0 bridgehead atoms. The molecule has 1 unspecified atom stereocenters. The minimum atomic E-state index is 0.0827. The molecule has 1 atom stereocenters. The summed E-state index contributed by atoms with van der Waals surface area (Å²) in [6, 6.07) is 10.1. The summed E-state index contributed by atoms with van der Waals surface area (Å²) in [6.45, 7) is 2.15. The lowest BCUT2D eigenvalue weighted by atomic mass is 10.1. The Kier molecular flexibility index (Phi) is 6.33. The molecule has 94 valence electrons. The van der Waals surface area contributed by atoms with E-state index in [9.17, 15) is 4.79 Å². The van der Waals surface area contributed by atoms with Gasteiger partial charge in [-0.15, -0.1) is 0 Å². The van der Waals surface area contributed by atoms with Crippen molar-refractivity contribution >= 4 is 5.91 Å². The second kappa shape index (κ2) is 7.85. The van der Waals surface area contributed by atoms with Crippen LogP contribution in [0.25, 0.3) is 0 Å². The van der Waals surface area contributed by atoms with Crippen LogP contribution < -0.4 is 5.32 Å². The fourth-order valence-corrected chi connectivity index (χ4v) is 1.72. The Labute approximate surface area is 103 Å². The third-order valence-corrected chi connectivity index (χ3v) is 2.69. The van der Waals surface area contributed by atoms with Gasteiger partial charge in [0.2, 0.25) is 5.91 Å². The molecule has 0 saturated heterocycles. The molecule has 0 heterocycles. The zero-order valence-electron chi connectivity index (χ0n) is 10.4. The average Bonchev–Trinajstić information content (AvgIpc) is 2.35. The van der Waals surface area contributed by atoms with Crippen molar-refractivity contribution in [3.05, 3.63) is 35.9 Å². The minimum absolute atomic E-state index is 0.0827. The predicted molar refractivity (Wildman–Crippen MR) is 68.7 cm³/mol. The molecule has 0 aliphatic carbocycles. The lowest BCUT2D eigenvalue weighted by molar-refractivity contribution is -0.121. The molecule has 17 heavy (non-hydrogen) atoms. The molecule has 3 heteroatoms. The molecular weight excluding hydrogens is 214 g/mol. The topological polar surface area (TPSA) is 49.3 Å². The number of rotatable bonds is 7. The van der Waals surface area contributed by atoms with Gasteiger partial charge in [0.15, 0.2) is 0 Å². The maximum atomic E-state index is 11.6. The molecule has 1 aromatic rings. The van der Waals surface area contributed by atoms with Crippen molar-refractivity contribution in [2.24, 2.45) is 0 Å². The third kappa shape index (κ3) is 6.07. The van der Waals surface area contributed by atoms with Crippen LogP contribution in [0.1, 0.15) is 31.7 Å². The molecule has 0 saturated carbocycles. The maximum Gasteiger partial charge on any atom is 0.220 e. The number of carbonyl (C=O) groups excluding carboxylic acids is 1. The molecule has 1 aromatic carbocycles. The van der Waals surface area contributed by atoms with Gasteiger partial charge in [0.1, 0.15) is 0 Å². The van der Waals surface area contributed by atoms with Gasteiger partial charge in [-0.1, -0.05) is 30.3 Å². The standard InChI is InChI=1S/C14H21NO2/c1-12(6-5-11-16)15-14(17)10-9-13-7-3-2-4-8-13/h2-4,7-8,12,16H,5-6,9-11H2,1H3,(H,15,17). The van der Waals surface area contributed by atoms with Crippen molar-refractivity contribution in [3.63, 3.8) is 0 Å². The van der Waals surface area contributed by atoms with Crippen molar-refractivity contribution < 1.29 is 9.90 Å². The smallest absolute Gasteiger partial charge is 0.220 e. The average molecular weight is 235 g/mol. The van der Waals surface area contributed by atoms with Gasteiger partial charge in [-0.25, -0.2) is 0 Å². The number of benzene rings is 1. The number of hydrogen-bond acceptors (Lipinski definition) is 2. The SMILES string of the molecule is CC(CCCO)NC(=O)CCc1ccccc1. The number of hydrogen-bond donors (Lipinski definition) is 2. The van der Waals surface area contributed by atoms with Crippen LogP contribution in [0.2, 0.25) is 0 Å². The monoisotopic (exact) mass is 235 g/mol. The van der Waals surface area contributed by atoms with E-state index in [0.717, 1.165) is 19.3 Å². The summed E-state index contributed by atoms with van der Waals surface area (Å²) in [4.78, 5) is 11.6. The Morgan fingerprint density at radius 1 is 1.35 bits per heavy atom. The van der Waals surface area contributed by atoms with Gasteiger partial charge in [-0.3, -0.25) is 4.79 Å². The van der Waals surface area contributed by atoms with Crippen LogP contribution in [-0.4, -0.2) is 23.7 Å². The molecule has 0 aliphatic heterocycles. The van der Waals surface area contributed by atoms with Gasteiger partial charge >= 0.3 is 0 Å². The summed E-state index contributed by atoms with van der Waals surface area (Å²) in [5.74, 6) is 0.0827. The second-order valence-corrected chi connectivity index (χ2v) is 4.32. The minimum Gasteiger partial charge on any atom is -0.396 e. The lowest BCUT2D eigenvalue weighted by Crippen LogP contribution is -2.32. The molecule has 0 spiro atoms. The maximum absolute atomic E-state index is 11.6. The van der Waals surface area contributed by atoms with Crippen LogP contribution in [0.3, 0.4) is 0 Å². The molecule has 0 fully saturated rings. The van der Waals surface area contributed by atoms with Gasteiger partial charge in [0, 0.05) is 19.1 Å². The Morgan fingerprint density at radius 3 is 2.71 bits per heavy atom. The Hall–Kier alpha value is -1.35. The molecule has 0 aromatic heterocycles. The van der Waals surface area contributed by atoms with Crippen molar-refractivity contribution in [2.45, 2.75) is 38.6 Å². The summed E-state index contributed by atoms with van der Waals surface area (Å²) in [7, 11) is 0. The fourth-order valence-electron chi connectivity index (χ4n) is 1.72. The van der Waals surface area contributed by atoms with E-state index < -0.39 is 0 Å². The molecule has 0 aliphatic rings. The molecule has 1 rings (SSSR count). The van der Waals surface area contributed by atoms with Gasteiger partial charge in [-0.05, 0) is 31.7 Å². The van der Waals surface area contributed by atoms with Crippen molar-refractivity contribution in [1.29, 1.82) is 0 Å². The first kappa shape index (κ1) is 13.7. The van der Waals surface area contributed by atoms with Crippen LogP contribution >= 0.6 is 0 Å². The van der Waals surface area contributed by atoms with E-state index in [0.29, 0.717) is 6.42 Å². The van der Waals surface area contributed by atoms with E-state index in [2.05, 4.69) is 5.32 Å². The van der Waals surface area contributed by atoms with Crippen LogP contribution in [-0.2, 0) is 11.2 Å². The van der Waals surface area contributed by atoms with Gasteiger partial charge in [0.25, 0.3) is 0 Å². The Morgan fingerprint density at radius 2 is 2.06 bits per heavy atom. The normalized spacial score (nSPS) is 12.1. The molecule has 1 amide bonds. The van der Waals surface area contributed by atoms with Crippen LogP contribution in [0, 0.1) is 0 Å². The molecule has 2 N–H and O–H groups in total.